The zero-order chi connectivity index (χ0) is 12.9. The number of hydrogen-bond donors (Lipinski definition) is 1. The Morgan fingerprint density at radius 3 is 2.59 bits per heavy atom. The van der Waals surface area contributed by atoms with E-state index in [1.807, 2.05) is 26.0 Å². The molecule has 0 aliphatic heterocycles. The van der Waals surface area contributed by atoms with Crippen molar-refractivity contribution in [1.29, 1.82) is 0 Å². The minimum absolute atomic E-state index is 0.157. The van der Waals surface area contributed by atoms with Gasteiger partial charge in [-0.2, -0.15) is 0 Å². The molecule has 1 unspecified atom stereocenters. The maximum absolute atomic E-state index is 11.7. The summed E-state index contributed by atoms with van der Waals surface area (Å²) in [5.74, 6) is 0.157. The van der Waals surface area contributed by atoms with Crippen molar-refractivity contribution in [3.63, 3.8) is 0 Å². The minimum atomic E-state index is -3.20. The lowest BCUT2D eigenvalue weighted by atomic mass is 10.1. The van der Waals surface area contributed by atoms with Gasteiger partial charge in [0.15, 0.2) is 0 Å². The topological polar surface area (TPSA) is 46.2 Å². The molecule has 0 bridgehead atoms. The third-order valence-corrected chi connectivity index (χ3v) is 4.28. The molecule has 0 fully saturated rings. The van der Waals surface area contributed by atoms with Gasteiger partial charge in [0.25, 0.3) is 0 Å². The van der Waals surface area contributed by atoms with E-state index in [4.69, 9.17) is 11.6 Å². The van der Waals surface area contributed by atoms with Gasteiger partial charge >= 0.3 is 0 Å². The van der Waals surface area contributed by atoms with Gasteiger partial charge in [-0.25, -0.2) is 13.1 Å². The van der Waals surface area contributed by atoms with Crippen LogP contribution in [0.15, 0.2) is 24.3 Å². The Labute approximate surface area is 108 Å². The van der Waals surface area contributed by atoms with E-state index >= 15 is 0 Å². The van der Waals surface area contributed by atoms with Gasteiger partial charge in [-0.3, -0.25) is 0 Å². The monoisotopic (exact) mass is 275 g/mol. The maximum atomic E-state index is 11.7. The fraction of sp³-hybridized carbons (Fsp3) is 0.500. The summed E-state index contributed by atoms with van der Waals surface area (Å²) in [6, 6.07) is 7.08. The number of hydrogen-bond acceptors (Lipinski definition) is 2. The molecule has 17 heavy (non-hydrogen) atoms. The van der Waals surface area contributed by atoms with Crippen LogP contribution < -0.4 is 4.72 Å². The van der Waals surface area contributed by atoms with E-state index in [0.29, 0.717) is 17.9 Å². The highest BCUT2D eigenvalue weighted by Crippen LogP contribution is 2.21. The van der Waals surface area contributed by atoms with Gasteiger partial charge in [-0.05, 0) is 30.5 Å². The Morgan fingerprint density at radius 2 is 2.06 bits per heavy atom. The Hall–Kier alpha value is -0.580. The van der Waals surface area contributed by atoms with Gasteiger partial charge in [0.05, 0.1) is 5.75 Å². The summed E-state index contributed by atoms with van der Waals surface area (Å²) < 4.78 is 26.1. The fourth-order valence-electron chi connectivity index (χ4n) is 1.65. The van der Waals surface area contributed by atoms with Crippen LogP contribution >= 0.6 is 11.6 Å². The maximum Gasteiger partial charge on any atom is 0.212 e. The first-order valence-electron chi connectivity index (χ1n) is 5.74. The van der Waals surface area contributed by atoms with Crippen LogP contribution in [0.5, 0.6) is 0 Å². The van der Waals surface area contributed by atoms with E-state index in [1.54, 1.807) is 12.1 Å². The zero-order valence-electron chi connectivity index (χ0n) is 10.1. The second-order valence-electron chi connectivity index (χ2n) is 3.95. The molecular weight excluding hydrogens is 258 g/mol. The molecule has 0 aliphatic rings. The normalized spacial score (nSPS) is 13.6. The molecule has 96 valence electrons. The first kappa shape index (κ1) is 14.5. The first-order valence-corrected chi connectivity index (χ1v) is 7.77. The fourth-order valence-corrected chi connectivity index (χ4v) is 3.25. The van der Waals surface area contributed by atoms with E-state index in [1.165, 1.54) is 0 Å². The summed E-state index contributed by atoms with van der Waals surface area (Å²) in [7, 11) is -3.20. The Morgan fingerprint density at radius 1 is 1.35 bits per heavy atom. The first-order chi connectivity index (χ1) is 7.98. The van der Waals surface area contributed by atoms with Gasteiger partial charge in [-0.1, -0.05) is 37.6 Å². The van der Waals surface area contributed by atoms with Crippen LogP contribution in [0.3, 0.4) is 0 Å². The Kier molecular flexibility index (Phi) is 5.43. The van der Waals surface area contributed by atoms with Crippen LogP contribution in [0.1, 0.15) is 38.3 Å². The van der Waals surface area contributed by atoms with E-state index in [9.17, 15) is 8.42 Å². The second-order valence-corrected chi connectivity index (χ2v) is 6.26. The molecular formula is C12H18ClNO2S. The van der Waals surface area contributed by atoms with Crippen molar-refractivity contribution in [2.75, 3.05) is 5.75 Å². The third kappa shape index (κ3) is 4.66. The highest BCUT2D eigenvalue weighted by molar-refractivity contribution is 7.89. The summed E-state index contributed by atoms with van der Waals surface area (Å²) in [5.41, 5.74) is 0.902. The van der Waals surface area contributed by atoms with E-state index in [2.05, 4.69) is 4.72 Å². The molecule has 1 aromatic carbocycles. The van der Waals surface area contributed by atoms with Crippen LogP contribution in [0, 0.1) is 0 Å². The summed E-state index contributed by atoms with van der Waals surface area (Å²) in [4.78, 5) is 0. The van der Waals surface area contributed by atoms with Gasteiger partial charge < -0.3 is 0 Å². The number of sulfonamides is 1. The SMILES string of the molecule is CCCS(=O)(=O)NC(CC)c1cccc(Cl)c1. The van der Waals surface area contributed by atoms with Crippen LogP contribution in [0.4, 0.5) is 0 Å². The molecule has 1 N–H and O–H groups in total. The molecule has 0 amide bonds. The van der Waals surface area contributed by atoms with Crippen molar-refractivity contribution in [3.8, 4) is 0 Å². The number of halogens is 1. The molecule has 5 heteroatoms. The largest absolute Gasteiger partial charge is 0.212 e. The summed E-state index contributed by atoms with van der Waals surface area (Å²) in [6.07, 6.45) is 1.31. The number of nitrogens with one attached hydrogen (secondary N) is 1. The lowest BCUT2D eigenvalue weighted by Crippen LogP contribution is -2.30. The Bertz CT molecular complexity index is 459. The molecule has 1 rings (SSSR count). The Balaban J connectivity index is 2.86. The van der Waals surface area contributed by atoms with Crippen molar-refractivity contribution in [1.82, 2.24) is 4.72 Å². The minimum Gasteiger partial charge on any atom is -0.212 e. The summed E-state index contributed by atoms with van der Waals surface area (Å²) >= 11 is 5.90. The zero-order valence-corrected chi connectivity index (χ0v) is 11.7. The lowest BCUT2D eigenvalue weighted by molar-refractivity contribution is 0.549. The molecule has 0 saturated heterocycles. The van der Waals surface area contributed by atoms with Crippen molar-refractivity contribution < 1.29 is 8.42 Å². The van der Waals surface area contributed by atoms with Gasteiger partial charge in [-0.15, -0.1) is 0 Å². The molecule has 0 heterocycles. The molecule has 1 atom stereocenters. The molecule has 3 nitrogen and oxygen atoms in total. The lowest BCUT2D eigenvalue weighted by Gasteiger charge is -2.17. The van der Waals surface area contributed by atoms with Crippen LogP contribution in [-0.2, 0) is 10.0 Å². The van der Waals surface area contributed by atoms with Crippen molar-refractivity contribution in [3.05, 3.63) is 34.9 Å². The predicted octanol–water partition coefficient (Wildman–Crippen LogP) is 3.12. The average Bonchev–Trinajstić information content (AvgIpc) is 2.26. The average molecular weight is 276 g/mol. The summed E-state index contributed by atoms with van der Waals surface area (Å²) in [5, 5.41) is 0.621. The van der Waals surface area contributed by atoms with Crippen molar-refractivity contribution in [2.45, 2.75) is 32.7 Å². The smallest absolute Gasteiger partial charge is 0.212 e. The van der Waals surface area contributed by atoms with Gasteiger partial charge in [0.2, 0.25) is 10.0 Å². The van der Waals surface area contributed by atoms with Gasteiger partial charge in [0, 0.05) is 11.1 Å². The standard InChI is InChI=1S/C12H18ClNO2S/c1-3-8-17(15,16)14-12(4-2)10-6-5-7-11(13)9-10/h5-7,9,12,14H,3-4,8H2,1-2H3. The van der Waals surface area contributed by atoms with Crippen molar-refractivity contribution in [2.24, 2.45) is 0 Å². The van der Waals surface area contributed by atoms with E-state index in [0.717, 1.165) is 5.56 Å². The number of benzene rings is 1. The molecule has 0 aliphatic carbocycles. The molecule has 0 saturated carbocycles. The third-order valence-electron chi connectivity index (χ3n) is 2.45. The van der Waals surface area contributed by atoms with Gasteiger partial charge in [0.1, 0.15) is 0 Å². The number of rotatable bonds is 6. The molecule has 0 aromatic heterocycles. The highest BCUT2D eigenvalue weighted by Gasteiger charge is 2.17. The van der Waals surface area contributed by atoms with Crippen molar-refractivity contribution >= 4 is 21.6 Å². The highest BCUT2D eigenvalue weighted by atomic mass is 35.5. The van der Waals surface area contributed by atoms with Crippen LogP contribution in [0.25, 0.3) is 0 Å². The van der Waals surface area contributed by atoms with Crippen LogP contribution in [-0.4, -0.2) is 14.2 Å². The summed E-state index contributed by atoms with van der Waals surface area (Å²) in [6.45, 7) is 3.79. The second kappa shape index (κ2) is 6.38. The molecule has 0 spiro atoms. The van der Waals surface area contributed by atoms with E-state index < -0.39 is 10.0 Å². The van der Waals surface area contributed by atoms with Crippen LogP contribution in [0.2, 0.25) is 5.02 Å². The molecule has 1 aromatic rings. The predicted molar refractivity (Wildman–Crippen MR) is 71.7 cm³/mol. The quantitative estimate of drug-likeness (QED) is 0.867. The molecule has 0 radical (unpaired) electrons. The van der Waals surface area contributed by atoms with E-state index in [-0.39, 0.29) is 11.8 Å².